The molecule has 0 saturated carbocycles. The number of nitrogens with two attached hydrogens (primary N) is 1. The van der Waals surface area contributed by atoms with Crippen LogP contribution >= 0.6 is 0 Å². The fourth-order valence-electron chi connectivity index (χ4n) is 2.74. The van der Waals surface area contributed by atoms with Gasteiger partial charge in [0.25, 0.3) is 0 Å². The minimum Gasteiger partial charge on any atom is -0.480 e. The van der Waals surface area contributed by atoms with E-state index in [2.05, 4.69) is 0 Å². The Bertz CT molecular complexity index is 784. The van der Waals surface area contributed by atoms with E-state index in [4.69, 9.17) is 10.8 Å². The first-order valence-electron chi connectivity index (χ1n) is 7.23. The molecule has 0 bridgehead atoms. The van der Waals surface area contributed by atoms with Crippen molar-refractivity contribution < 1.29 is 14.7 Å². The zero-order valence-corrected chi connectivity index (χ0v) is 12.3. The number of fused-ring (bicyclic) bond motifs is 1. The summed E-state index contributed by atoms with van der Waals surface area (Å²) in [6, 6.07) is 16.0. The SMILES string of the molecule is N[C@H]1C=C(c2ccccc2)c2ccccc2N(CC(=O)O)C1=O. The number of rotatable bonds is 3. The lowest BCUT2D eigenvalue weighted by Crippen LogP contribution is -2.44. The number of amides is 1. The number of carbonyl (C=O) groups is 2. The van der Waals surface area contributed by atoms with Crippen molar-refractivity contribution in [1.82, 2.24) is 0 Å². The molecule has 1 heterocycles. The third kappa shape index (κ3) is 2.86. The van der Waals surface area contributed by atoms with Gasteiger partial charge >= 0.3 is 5.97 Å². The molecule has 1 aliphatic heterocycles. The third-order valence-corrected chi connectivity index (χ3v) is 3.76. The van der Waals surface area contributed by atoms with E-state index in [1.54, 1.807) is 18.2 Å². The molecular weight excluding hydrogens is 292 g/mol. The molecule has 0 radical (unpaired) electrons. The zero-order valence-electron chi connectivity index (χ0n) is 12.3. The summed E-state index contributed by atoms with van der Waals surface area (Å²) in [4.78, 5) is 24.9. The fraction of sp³-hybridized carbons (Fsp3) is 0.111. The van der Waals surface area contributed by atoms with Gasteiger partial charge in [0, 0.05) is 5.56 Å². The van der Waals surface area contributed by atoms with E-state index in [1.165, 1.54) is 4.90 Å². The topological polar surface area (TPSA) is 83.6 Å². The predicted molar refractivity (Wildman–Crippen MR) is 87.9 cm³/mol. The first kappa shape index (κ1) is 15.0. The lowest BCUT2D eigenvalue weighted by molar-refractivity contribution is -0.136. The minimum absolute atomic E-state index is 0.417. The van der Waals surface area contributed by atoms with Crippen molar-refractivity contribution in [3.8, 4) is 0 Å². The van der Waals surface area contributed by atoms with Crippen LogP contribution in [0.3, 0.4) is 0 Å². The quantitative estimate of drug-likeness (QED) is 0.907. The van der Waals surface area contributed by atoms with Crippen molar-refractivity contribution in [2.24, 2.45) is 5.73 Å². The minimum atomic E-state index is -1.08. The van der Waals surface area contributed by atoms with Crippen LogP contribution in [-0.2, 0) is 9.59 Å². The van der Waals surface area contributed by atoms with Gasteiger partial charge in [-0.1, -0.05) is 48.5 Å². The molecule has 23 heavy (non-hydrogen) atoms. The molecule has 3 N–H and O–H groups in total. The van der Waals surface area contributed by atoms with Crippen LogP contribution in [0, 0.1) is 0 Å². The first-order valence-corrected chi connectivity index (χ1v) is 7.23. The first-order chi connectivity index (χ1) is 11.1. The van der Waals surface area contributed by atoms with Crippen LogP contribution in [0.25, 0.3) is 5.57 Å². The van der Waals surface area contributed by atoms with Gasteiger partial charge in [0.15, 0.2) is 0 Å². The highest BCUT2D eigenvalue weighted by atomic mass is 16.4. The molecule has 0 spiro atoms. The standard InChI is InChI=1S/C18H16N2O3/c19-15-10-14(12-6-2-1-3-7-12)13-8-4-5-9-16(13)20(18(15)23)11-17(21)22/h1-10,15H,11,19H2,(H,21,22)/t15-/m0/s1. The number of benzene rings is 2. The number of carboxylic acid groups (broad SMARTS) is 1. The lowest BCUT2D eigenvalue weighted by Gasteiger charge is -2.23. The van der Waals surface area contributed by atoms with Crippen LogP contribution in [0.2, 0.25) is 0 Å². The average molecular weight is 308 g/mol. The summed E-state index contributed by atoms with van der Waals surface area (Å²) in [5.74, 6) is -1.51. The lowest BCUT2D eigenvalue weighted by atomic mass is 9.95. The van der Waals surface area contributed by atoms with Crippen molar-refractivity contribution in [2.75, 3.05) is 11.4 Å². The summed E-state index contributed by atoms with van der Waals surface area (Å²) in [7, 11) is 0. The van der Waals surface area contributed by atoms with E-state index in [-0.39, 0.29) is 0 Å². The maximum absolute atomic E-state index is 12.5. The van der Waals surface area contributed by atoms with Gasteiger partial charge in [-0.15, -0.1) is 0 Å². The normalized spacial score (nSPS) is 17.3. The zero-order chi connectivity index (χ0) is 16.4. The summed E-state index contributed by atoms with van der Waals surface area (Å²) in [5, 5.41) is 9.12. The van der Waals surface area contributed by atoms with E-state index in [1.807, 2.05) is 42.5 Å². The number of carbonyl (C=O) groups excluding carboxylic acids is 1. The Labute approximate surface area is 133 Å². The molecule has 0 saturated heterocycles. The number of anilines is 1. The van der Waals surface area contributed by atoms with E-state index in [9.17, 15) is 9.59 Å². The van der Waals surface area contributed by atoms with Gasteiger partial charge in [0.1, 0.15) is 12.6 Å². The Kier molecular flexibility index (Phi) is 3.95. The van der Waals surface area contributed by atoms with Crippen LogP contribution in [0.15, 0.2) is 60.7 Å². The summed E-state index contributed by atoms with van der Waals surface area (Å²) >= 11 is 0. The number of carboxylic acids is 1. The van der Waals surface area contributed by atoms with Crippen molar-refractivity contribution in [3.05, 3.63) is 71.8 Å². The highest BCUT2D eigenvalue weighted by Gasteiger charge is 2.29. The van der Waals surface area contributed by atoms with E-state index < -0.39 is 24.5 Å². The molecule has 2 aromatic rings. The number of aliphatic carboxylic acids is 1. The second-order valence-corrected chi connectivity index (χ2v) is 5.31. The second kappa shape index (κ2) is 6.06. The summed E-state index contributed by atoms with van der Waals surface area (Å²) in [6.45, 7) is -0.417. The second-order valence-electron chi connectivity index (χ2n) is 5.31. The molecule has 1 aliphatic rings. The van der Waals surface area contributed by atoms with E-state index >= 15 is 0 Å². The Morgan fingerprint density at radius 2 is 1.74 bits per heavy atom. The molecule has 0 unspecified atom stereocenters. The van der Waals surface area contributed by atoms with Crippen LogP contribution in [0.5, 0.6) is 0 Å². The van der Waals surface area contributed by atoms with Gasteiger partial charge in [-0.2, -0.15) is 0 Å². The Morgan fingerprint density at radius 1 is 1.09 bits per heavy atom. The van der Waals surface area contributed by atoms with Gasteiger partial charge in [0.05, 0.1) is 5.69 Å². The predicted octanol–water partition coefficient (Wildman–Crippen LogP) is 1.88. The molecule has 0 aromatic heterocycles. The molecule has 2 aromatic carbocycles. The molecule has 5 heteroatoms. The Morgan fingerprint density at radius 3 is 2.43 bits per heavy atom. The van der Waals surface area contributed by atoms with Crippen LogP contribution in [0.4, 0.5) is 5.69 Å². The monoisotopic (exact) mass is 308 g/mol. The third-order valence-electron chi connectivity index (χ3n) is 3.76. The van der Waals surface area contributed by atoms with Gasteiger partial charge in [-0.3, -0.25) is 14.5 Å². The summed E-state index contributed by atoms with van der Waals surface area (Å²) < 4.78 is 0. The maximum atomic E-state index is 12.5. The van der Waals surface area contributed by atoms with E-state index in [0.717, 1.165) is 16.7 Å². The summed E-state index contributed by atoms with van der Waals surface area (Å²) in [6.07, 6.45) is 1.69. The smallest absolute Gasteiger partial charge is 0.323 e. The van der Waals surface area contributed by atoms with Crippen molar-refractivity contribution in [3.63, 3.8) is 0 Å². The highest BCUT2D eigenvalue weighted by molar-refractivity contribution is 6.07. The van der Waals surface area contributed by atoms with Crippen LogP contribution in [-0.4, -0.2) is 29.6 Å². The molecule has 116 valence electrons. The number of hydrogen-bond donors (Lipinski definition) is 2. The largest absolute Gasteiger partial charge is 0.480 e. The molecule has 1 atom stereocenters. The Hall–Kier alpha value is -2.92. The van der Waals surface area contributed by atoms with Crippen molar-refractivity contribution >= 4 is 23.1 Å². The van der Waals surface area contributed by atoms with Crippen molar-refractivity contribution in [1.29, 1.82) is 0 Å². The van der Waals surface area contributed by atoms with Crippen LogP contribution in [0.1, 0.15) is 11.1 Å². The highest BCUT2D eigenvalue weighted by Crippen LogP contribution is 2.34. The van der Waals surface area contributed by atoms with Crippen LogP contribution < -0.4 is 10.6 Å². The number of para-hydroxylation sites is 1. The number of nitrogens with zero attached hydrogens (tertiary/aromatic N) is 1. The van der Waals surface area contributed by atoms with Gasteiger partial charge in [-0.25, -0.2) is 0 Å². The Balaban J connectivity index is 2.20. The maximum Gasteiger partial charge on any atom is 0.323 e. The van der Waals surface area contributed by atoms with Gasteiger partial charge < -0.3 is 10.8 Å². The van der Waals surface area contributed by atoms with Gasteiger partial charge in [0.2, 0.25) is 5.91 Å². The van der Waals surface area contributed by atoms with Gasteiger partial charge in [-0.05, 0) is 23.3 Å². The molecule has 1 amide bonds. The molecule has 3 rings (SSSR count). The molecule has 0 aliphatic carbocycles. The molecular formula is C18H16N2O3. The average Bonchev–Trinajstić information content (AvgIpc) is 2.66. The van der Waals surface area contributed by atoms with E-state index in [0.29, 0.717) is 5.69 Å². The molecule has 0 fully saturated rings. The fourth-order valence-corrected chi connectivity index (χ4v) is 2.74. The van der Waals surface area contributed by atoms with Crippen molar-refractivity contribution in [2.45, 2.75) is 6.04 Å². The molecule has 5 nitrogen and oxygen atoms in total. The number of hydrogen-bond acceptors (Lipinski definition) is 3. The summed E-state index contributed by atoms with van der Waals surface area (Å²) in [5.41, 5.74) is 9.10.